The van der Waals surface area contributed by atoms with Crippen molar-refractivity contribution in [1.29, 1.82) is 0 Å². The second kappa shape index (κ2) is 8.55. The lowest BCUT2D eigenvalue weighted by molar-refractivity contribution is 0.0695. The Morgan fingerprint density at radius 3 is 2.53 bits per heavy atom. The molecule has 0 atom stereocenters. The molecule has 3 aromatic rings. The van der Waals surface area contributed by atoms with Gasteiger partial charge in [0.1, 0.15) is 11.4 Å². The zero-order valence-electron chi connectivity index (χ0n) is 17.1. The molecule has 0 bridgehead atoms. The van der Waals surface area contributed by atoms with Gasteiger partial charge in [0.05, 0.1) is 23.9 Å². The Morgan fingerprint density at radius 1 is 1.09 bits per heavy atom. The summed E-state index contributed by atoms with van der Waals surface area (Å²) < 4.78 is 1.55. The highest BCUT2D eigenvalue weighted by Gasteiger charge is 2.27. The van der Waals surface area contributed by atoms with Crippen LogP contribution in [0, 0.1) is 0 Å². The van der Waals surface area contributed by atoms with E-state index in [0.29, 0.717) is 12.1 Å². The van der Waals surface area contributed by atoms with Gasteiger partial charge in [-0.05, 0) is 23.3 Å². The molecule has 1 aliphatic rings. The van der Waals surface area contributed by atoms with Crippen LogP contribution in [0.25, 0.3) is 11.4 Å². The zero-order valence-corrected chi connectivity index (χ0v) is 17.1. The van der Waals surface area contributed by atoms with Crippen LogP contribution in [-0.2, 0) is 20.1 Å². The molecule has 0 unspecified atom stereocenters. The van der Waals surface area contributed by atoms with E-state index in [-0.39, 0.29) is 42.5 Å². The molecule has 0 radical (unpaired) electrons. The fraction of sp³-hybridized carbons (Fsp3) is 0.238. The summed E-state index contributed by atoms with van der Waals surface area (Å²) in [6, 6.07) is 6.06. The van der Waals surface area contributed by atoms with Crippen molar-refractivity contribution in [2.24, 2.45) is 7.05 Å². The number of aliphatic hydroxyl groups excluding tert-OH is 1. The molecule has 11 nitrogen and oxygen atoms in total. The van der Waals surface area contributed by atoms with Crippen molar-refractivity contribution in [3.05, 3.63) is 64.7 Å². The number of aliphatic hydroxyl groups is 1. The van der Waals surface area contributed by atoms with Gasteiger partial charge >= 0.3 is 5.97 Å². The third-order valence-corrected chi connectivity index (χ3v) is 5.00. The first-order valence-electron chi connectivity index (χ1n) is 9.77. The van der Waals surface area contributed by atoms with Gasteiger partial charge in [0.2, 0.25) is 0 Å². The average Bonchev–Trinajstić information content (AvgIpc) is 3.42. The normalized spacial score (nSPS) is 12.5. The van der Waals surface area contributed by atoms with Crippen molar-refractivity contribution in [2.45, 2.75) is 13.1 Å². The fourth-order valence-electron chi connectivity index (χ4n) is 3.43. The number of benzene rings is 1. The molecule has 2 amide bonds. The Balaban J connectivity index is 1.66. The first kappa shape index (κ1) is 21.1. The van der Waals surface area contributed by atoms with E-state index in [9.17, 15) is 19.5 Å². The highest BCUT2D eigenvalue weighted by atomic mass is 16.4. The van der Waals surface area contributed by atoms with Crippen LogP contribution in [0.3, 0.4) is 0 Å². The molecule has 3 N–H and O–H groups in total. The molecule has 1 aromatic carbocycles. The van der Waals surface area contributed by atoms with E-state index in [1.165, 1.54) is 23.2 Å². The molecule has 0 spiro atoms. The molecule has 1 aliphatic heterocycles. The number of hydrogen-bond acceptors (Lipinski definition) is 7. The van der Waals surface area contributed by atoms with Gasteiger partial charge in [-0.25, -0.2) is 14.8 Å². The monoisotopic (exact) mass is 436 g/mol. The maximum absolute atomic E-state index is 13.2. The molecule has 3 heterocycles. The number of aromatic carboxylic acids is 1. The quantitative estimate of drug-likeness (QED) is 0.504. The molecule has 2 aromatic heterocycles. The third kappa shape index (κ3) is 4.18. The summed E-state index contributed by atoms with van der Waals surface area (Å²) in [6.45, 7) is 0.337. The minimum absolute atomic E-state index is 0.0134. The largest absolute Gasteiger partial charge is 0.478 e. The number of aryl methyl sites for hydroxylation is 1. The summed E-state index contributed by atoms with van der Waals surface area (Å²) in [5.41, 5.74) is 2.31. The Kier molecular flexibility index (Phi) is 5.65. The number of carboxylic acids is 1. The molecule has 11 heteroatoms. The van der Waals surface area contributed by atoms with Crippen molar-refractivity contribution in [3.63, 3.8) is 0 Å². The average molecular weight is 436 g/mol. The van der Waals surface area contributed by atoms with E-state index in [4.69, 9.17) is 5.11 Å². The minimum Gasteiger partial charge on any atom is -0.478 e. The first-order valence-corrected chi connectivity index (χ1v) is 9.77. The van der Waals surface area contributed by atoms with Crippen LogP contribution >= 0.6 is 0 Å². The van der Waals surface area contributed by atoms with Gasteiger partial charge < -0.3 is 20.4 Å². The lowest BCUT2D eigenvalue weighted by Crippen LogP contribution is -2.30. The number of aromatic nitrogens is 4. The number of carboxylic acid groups (broad SMARTS) is 1. The van der Waals surface area contributed by atoms with Gasteiger partial charge in [-0.2, -0.15) is 5.10 Å². The molecule has 0 aliphatic carbocycles. The van der Waals surface area contributed by atoms with E-state index in [2.05, 4.69) is 20.4 Å². The Labute approximate surface area is 182 Å². The maximum atomic E-state index is 13.2. The van der Waals surface area contributed by atoms with Crippen molar-refractivity contribution in [3.8, 4) is 11.4 Å². The highest BCUT2D eigenvalue weighted by Crippen LogP contribution is 2.26. The Bertz CT molecular complexity index is 1220. The zero-order chi connectivity index (χ0) is 22.8. The van der Waals surface area contributed by atoms with Crippen LogP contribution in [0.15, 0.2) is 36.7 Å². The van der Waals surface area contributed by atoms with Crippen molar-refractivity contribution < 1.29 is 24.6 Å². The fourth-order valence-corrected chi connectivity index (χ4v) is 3.43. The summed E-state index contributed by atoms with van der Waals surface area (Å²) in [7, 11) is 1.72. The number of carbonyl (C=O) groups is 3. The summed E-state index contributed by atoms with van der Waals surface area (Å²) in [4.78, 5) is 47.1. The number of hydrogen-bond donors (Lipinski definition) is 3. The van der Waals surface area contributed by atoms with Crippen molar-refractivity contribution >= 4 is 17.8 Å². The van der Waals surface area contributed by atoms with Gasteiger partial charge in [-0.15, -0.1) is 0 Å². The van der Waals surface area contributed by atoms with E-state index < -0.39 is 17.8 Å². The molecule has 164 valence electrons. The van der Waals surface area contributed by atoms with Gasteiger partial charge in [0.25, 0.3) is 11.8 Å². The predicted octanol–water partition coefficient (Wildman–Crippen LogP) is 0.453. The number of fused-ring (bicyclic) bond motifs is 1. The van der Waals surface area contributed by atoms with E-state index in [0.717, 1.165) is 11.1 Å². The van der Waals surface area contributed by atoms with Crippen molar-refractivity contribution in [1.82, 2.24) is 30.0 Å². The Morgan fingerprint density at radius 2 is 1.84 bits per heavy atom. The highest BCUT2D eigenvalue weighted by molar-refractivity contribution is 5.98. The molecular formula is C21H20N6O5. The van der Waals surface area contributed by atoms with Gasteiger partial charge in [-0.1, -0.05) is 6.07 Å². The van der Waals surface area contributed by atoms with E-state index >= 15 is 0 Å². The SMILES string of the molecule is Cn1cc(-c2nc(C(=O)NCCO)cc(C(=O)N3Cc4ccc(C(=O)O)cc4C3)n2)cn1. The number of nitrogens with one attached hydrogen (secondary N) is 1. The molecule has 0 saturated carbocycles. The van der Waals surface area contributed by atoms with Crippen molar-refractivity contribution in [2.75, 3.05) is 13.2 Å². The van der Waals surface area contributed by atoms with Gasteiger partial charge in [0, 0.05) is 38.9 Å². The standard InChI is InChI=1S/C21H20N6O5/c1-26-9-15(8-23-26)18-24-16(19(29)22-4-5-28)7-17(25-18)20(30)27-10-13-3-2-12(21(31)32)6-14(13)11-27/h2-3,6-9,28H,4-5,10-11H2,1H3,(H,22,29)(H,31,32). The molecule has 0 fully saturated rings. The maximum Gasteiger partial charge on any atom is 0.335 e. The van der Waals surface area contributed by atoms with Gasteiger partial charge in [0.15, 0.2) is 5.82 Å². The number of amides is 2. The van der Waals surface area contributed by atoms with Crippen LogP contribution in [0.5, 0.6) is 0 Å². The van der Waals surface area contributed by atoms with Crippen LogP contribution < -0.4 is 5.32 Å². The third-order valence-electron chi connectivity index (χ3n) is 5.00. The number of rotatable bonds is 6. The van der Waals surface area contributed by atoms with E-state index in [1.54, 1.807) is 30.1 Å². The minimum atomic E-state index is -1.03. The van der Waals surface area contributed by atoms with Crippen LogP contribution in [0.1, 0.15) is 42.5 Å². The summed E-state index contributed by atoms with van der Waals surface area (Å²) in [5, 5.41) is 24.8. The van der Waals surface area contributed by atoms with Crippen LogP contribution in [-0.4, -0.2) is 65.8 Å². The summed E-state index contributed by atoms with van der Waals surface area (Å²) in [6.07, 6.45) is 3.19. The number of nitrogens with zero attached hydrogens (tertiary/aromatic N) is 5. The lowest BCUT2D eigenvalue weighted by atomic mass is 10.1. The molecular weight excluding hydrogens is 416 g/mol. The first-order chi connectivity index (χ1) is 15.4. The molecule has 0 saturated heterocycles. The Hall–Kier alpha value is -4.12. The topological polar surface area (TPSA) is 151 Å². The lowest BCUT2D eigenvalue weighted by Gasteiger charge is -2.16. The second-order valence-electron chi connectivity index (χ2n) is 7.29. The molecule has 4 rings (SSSR count). The van der Waals surface area contributed by atoms with Gasteiger partial charge in [-0.3, -0.25) is 14.3 Å². The predicted molar refractivity (Wildman–Crippen MR) is 111 cm³/mol. The molecule has 32 heavy (non-hydrogen) atoms. The van der Waals surface area contributed by atoms with Crippen LogP contribution in [0.2, 0.25) is 0 Å². The van der Waals surface area contributed by atoms with E-state index in [1.807, 2.05) is 0 Å². The number of carbonyl (C=O) groups excluding carboxylic acids is 2. The van der Waals surface area contributed by atoms with Crippen LogP contribution in [0.4, 0.5) is 0 Å². The summed E-state index contributed by atoms with van der Waals surface area (Å²) in [5.74, 6) is -1.82. The smallest absolute Gasteiger partial charge is 0.335 e. The summed E-state index contributed by atoms with van der Waals surface area (Å²) >= 11 is 0. The second-order valence-corrected chi connectivity index (χ2v) is 7.29.